The molecular weight excluding hydrogens is 214 g/mol. The number of benzene rings is 1. The third kappa shape index (κ3) is 5.31. The first-order chi connectivity index (χ1) is 8.27. The van der Waals surface area contributed by atoms with Crippen molar-refractivity contribution in [2.45, 2.75) is 12.8 Å². The van der Waals surface area contributed by atoms with Crippen LogP contribution in [0.15, 0.2) is 24.3 Å². The predicted octanol–water partition coefficient (Wildman–Crippen LogP) is 1.96. The standard InChI is InChI=1S/C14H23NO2/c1-12-5-4-6-13(9-12)14(11-17-3)10-15-7-8-16-2/h4-6,9,14-15H,7-8,10-11H2,1-3H3. The predicted molar refractivity (Wildman–Crippen MR) is 70.5 cm³/mol. The molecule has 1 aromatic rings. The van der Waals surface area contributed by atoms with Gasteiger partial charge >= 0.3 is 0 Å². The van der Waals surface area contributed by atoms with Gasteiger partial charge in [-0.15, -0.1) is 0 Å². The SMILES string of the molecule is COCCNCC(COC)c1cccc(C)c1. The van der Waals surface area contributed by atoms with E-state index in [1.165, 1.54) is 11.1 Å². The van der Waals surface area contributed by atoms with Crippen molar-refractivity contribution in [1.82, 2.24) is 5.32 Å². The first-order valence-corrected chi connectivity index (χ1v) is 6.03. The molecule has 3 heteroatoms. The first kappa shape index (κ1) is 14.2. The third-order valence-corrected chi connectivity index (χ3v) is 2.76. The normalized spacial score (nSPS) is 12.6. The van der Waals surface area contributed by atoms with Gasteiger partial charge in [0.05, 0.1) is 13.2 Å². The van der Waals surface area contributed by atoms with Crippen molar-refractivity contribution in [3.05, 3.63) is 35.4 Å². The Balaban J connectivity index is 2.52. The summed E-state index contributed by atoms with van der Waals surface area (Å²) in [5.41, 5.74) is 2.62. The summed E-state index contributed by atoms with van der Waals surface area (Å²) in [6.45, 7) is 5.39. The molecule has 0 fully saturated rings. The van der Waals surface area contributed by atoms with E-state index >= 15 is 0 Å². The van der Waals surface area contributed by atoms with E-state index < -0.39 is 0 Å². The molecule has 0 bridgehead atoms. The van der Waals surface area contributed by atoms with Crippen LogP contribution in [0.2, 0.25) is 0 Å². The molecule has 1 aromatic carbocycles. The van der Waals surface area contributed by atoms with E-state index in [0.29, 0.717) is 5.92 Å². The highest BCUT2D eigenvalue weighted by molar-refractivity contribution is 5.25. The second-order valence-electron chi connectivity index (χ2n) is 4.26. The largest absolute Gasteiger partial charge is 0.384 e. The number of nitrogens with one attached hydrogen (secondary N) is 1. The topological polar surface area (TPSA) is 30.5 Å². The zero-order chi connectivity index (χ0) is 12.5. The molecule has 1 atom stereocenters. The van der Waals surface area contributed by atoms with Crippen LogP contribution in [0.3, 0.4) is 0 Å². The quantitative estimate of drug-likeness (QED) is 0.701. The van der Waals surface area contributed by atoms with Gasteiger partial charge in [0.25, 0.3) is 0 Å². The van der Waals surface area contributed by atoms with Gasteiger partial charge in [0.15, 0.2) is 0 Å². The smallest absolute Gasteiger partial charge is 0.0587 e. The van der Waals surface area contributed by atoms with E-state index in [1.807, 2.05) is 0 Å². The van der Waals surface area contributed by atoms with Gasteiger partial charge in [-0.05, 0) is 12.5 Å². The van der Waals surface area contributed by atoms with Crippen LogP contribution < -0.4 is 5.32 Å². The lowest BCUT2D eigenvalue weighted by molar-refractivity contribution is 0.172. The molecule has 1 rings (SSSR count). The highest BCUT2D eigenvalue weighted by Crippen LogP contribution is 2.16. The average Bonchev–Trinajstić information content (AvgIpc) is 2.33. The summed E-state index contributed by atoms with van der Waals surface area (Å²) in [4.78, 5) is 0. The highest BCUT2D eigenvalue weighted by Gasteiger charge is 2.10. The fourth-order valence-corrected chi connectivity index (χ4v) is 1.85. The molecule has 96 valence electrons. The molecule has 17 heavy (non-hydrogen) atoms. The Morgan fingerprint density at radius 3 is 2.71 bits per heavy atom. The number of aryl methyl sites for hydroxylation is 1. The number of hydrogen-bond acceptors (Lipinski definition) is 3. The summed E-state index contributed by atoms with van der Waals surface area (Å²) in [6, 6.07) is 8.60. The lowest BCUT2D eigenvalue weighted by Crippen LogP contribution is -2.27. The van der Waals surface area contributed by atoms with E-state index in [0.717, 1.165) is 26.3 Å². The molecule has 0 heterocycles. The van der Waals surface area contributed by atoms with Crippen LogP contribution in [0.25, 0.3) is 0 Å². The molecule has 0 aliphatic heterocycles. The van der Waals surface area contributed by atoms with Gasteiger partial charge in [-0.2, -0.15) is 0 Å². The Hall–Kier alpha value is -0.900. The van der Waals surface area contributed by atoms with Crippen LogP contribution in [0.5, 0.6) is 0 Å². The van der Waals surface area contributed by atoms with Gasteiger partial charge < -0.3 is 14.8 Å². The first-order valence-electron chi connectivity index (χ1n) is 6.03. The second-order valence-corrected chi connectivity index (χ2v) is 4.26. The van der Waals surface area contributed by atoms with Crippen LogP contribution in [0, 0.1) is 6.92 Å². The van der Waals surface area contributed by atoms with Crippen molar-refractivity contribution in [2.75, 3.05) is 40.5 Å². The molecule has 0 aromatic heterocycles. The zero-order valence-electron chi connectivity index (χ0n) is 11.0. The lowest BCUT2D eigenvalue weighted by atomic mass is 9.98. The summed E-state index contributed by atoms with van der Waals surface area (Å²) >= 11 is 0. The molecule has 0 amide bonds. The minimum Gasteiger partial charge on any atom is -0.384 e. The summed E-state index contributed by atoms with van der Waals surface area (Å²) in [7, 11) is 3.47. The van der Waals surface area contributed by atoms with Gasteiger partial charge in [-0.1, -0.05) is 29.8 Å². The summed E-state index contributed by atoms with van der Waals surface area (Å²) in [5, 5.41) is 3.38. The van der Waals surface area contributed by atoms with E-state index in [9.17, 15) is 0 Å². The molecule has 0 radical (unpaired) electrons. The van der Waals surface area contributed by atoms with Gasteiger partial charge in [0.1, 0.15) is 0 Å². The van der Waals surface area contributed by atoms with Crippen molar-refractivity contribution in [2.24, 2.45) is 0 Å². The lowest BCUT2D eigenvalue weighted by Gasteiger charge is -2.17. The molecule has 0 spiro atoms. The minimum atomic E-state index is 0.400. The maximum Gasteiger partial charge on any atom is 0.0587 e. The molecule has 0 aliphatic carbocycles. The molecule has 0 saturated heterocycles. The fourth-order valence-electron chi connectivity index (χ4n) is 1.85. The molecule has 0 saturated carbocycles. The third-order valence-electron chi connectivity index (χ3n) is 2.76. The maximum atomic E-state index is 5.28. The van der Waals surface area contributed by atoms with Crippen LogP contribution >= 0.6 is 0 Å². The Morgan fingerprint density at radius 2 is 2.06 bits per heavy atom. The Kier molecular flexibility index (Phi) is 6.86. The van der Waals surface area contributed by atoms with E-state index in [4.69, 9.17) is 9.47 Å². The van der Waals surface area contributed by atoms with Crippen molar-refractivity contribution in [3.8, 4) is 0 Å². The molecule has 0 aliphatic rings. The van der Waals surface area contributed by atoms with Crippen LogP contribution in [0.4, 0.5) is 0 Å². The van der Waals surface area contributed by atoms with Crippen LogP contribution in [-0.4, -0.2) is 40.5 Å². The summed E-state index contributed by atoms with van der Waals surface area (Å²) in [6.07, 6.45) is 0. The van der Waals surface area contributed by atoms with Crippen molar-refractivity contribution in [3.63, 3.8) is 0 Å². The van der Waals surface area contributed by atoms with Crippen molar-refractivity contribution >= 4 is 0 Å². The van der Waals surface area contributed by atoms with Crippen molar-refractivity contribution in [1.29, 1.82) is 0 Å². The van der Waals surface area contributed by atoms with Crippen LogP contribution in [-0.2, 0) is 9.47 Å². The highest BCUT2D eigenvalue weighted by atomic mass is 16.5. The Labute approximate surface area is 104 Å². The van der Waals surface area contributed by atoms with Gasteiger partial charge in [-0.3, -0.25) is 0 Å². The molecular formula is C14H23NO2. The number of ether oxygens (including phenoxy) is 2. The fraction of sp³-hybridized carbons (Fsp3) is 0.571. The van der Waals surface area contributed by atoms with Gasteiger partial charge in [0.2, 0.25) is 0 Å². The Morgan fingerprint density at radius 1 is 1.24 bits per heavy atom. The van der Waals surface area contributed by atoms with Crippen molar-refractivity contribution < 1.29 is 9.47 Å². The second kappa shape index (κ2) is 8.23. The van der Waals surface area contributed by atoms with E-state index in [-0.39, 0.29) is 0 Å². The van der Waals surface area contributed by atoms with Gasteiger partial charge in [0, 0.05) is 33.2 Å². The monoisotopic (exact) mass is 237 g/mol. The van der Waals surface area contributed by atoms with Crippen LogP contribution in [0.1, 0.15) is 17.0 Å². The van der Waals surface area contributed by atoms with Gasteiger partial charge in [-0.25, -0.2) is 0 Å². The summed E-state index contributed by atoms with van der Waals surface area (Å²) < 4.78 is 10.3. The molecule has 1 unspecified atom stereocenters. The Bertz CT molecular complexity index is 315. The van der Waals surface area contributed by atoms with E-state index in [1.54, 1.807) is 14.2 Å². The minimum absolute atomic E-state index is 0.400. The van der Waals surface area contributed by atoms with E-state index in [2.05, 4.69) is 36.5 Å². The number of methoxy groups -OCH3 is 2. The summed E-state index contributed by atoms with van der Waals surface area (Å²) in [5.74, 6) is 0.400. The number of rotatable bonds is 8. The average molecular weight is 237 g/mol. The molecule has 3 nitrogen and oxygen atoms in total. The number of hydrogen-bond donors (Lipinski definition) is 1. The maximum absolute atomic E-state index is 5.28. The molecule has 1 N–H and O–H groups in total. The zero-order valence-corrected chi connectivity index (χ0v) is 11.0.